The van der Waals surface area contributed by atoms with Crippen molar-refractivity contribution in [2.75, 3.05) is 6.26 Å². The third kappa shape index (κ3) is 3.27. The van der Waals surface area contributed by atoms with Crippen molar-refractivity contribution in [3.63, 3.8) is 0 Å². The third-order valence-corrected chi connectivity index (χ3v) is 5.40. The molecule has 0 aliphatic rings. The number of rotatable bonds is 3. The monoisotopic (exact) mass is 419 g/mol. The van der Waals surface area contributed by atoms with E-state index in [0.29, 0.717) is 12.1 Å². The lowest BCUT2D eigenvalue weighted by Gasteiger charge is -2.10. The summed E-state index contributed by atoms with van der Waals surface area (Å²) in [6.45, 7) is 0. The minimum absolute atomic E-state index is 0.121. The summed E-state index contributed by atoms with van der Waals surface area (Å²) in [5, 5.41) is 0.380. The second-order valence-corrected chi connectivity index (χ2v) is 8.15. The number of halogens is 4. The van der Waals surface area contributed by atoms with Gasteiger partial charge in [-0.25, -0.2) is 26.6 Å². The van der Waals surface area contributed by atoms with Crippen LogP contribution >= 0.6 is 23.2 Å². The summed E-state index contributed by atoms with van der Waals surface area (Å²) in [4.78, 5) is 11.3. The highest BCUT2D eigenvalue weighted by Gasteiger charge is 2.22. The average molecular weight is 420 g/mol. The molecule has 3 aromatic rings. The van der Waals surface area contributed by atoms with Crippen LogP contribution in [0.1, 0.15) is 0 Å². The maximum absolute atomic E-state index is 14.5. The van der Waals surface area contributed by atoms with E-state index in [4.69, 9.17) is 27.6 Å². The summed E-state index contributed by atoms with van der Waals surface area (Å²) in [5.41, 5.74) is -0.267. The van der Waals surface area contributed by atoms with E-state index in [2.05, 4.69) is 0 Å². The van der Waals surface area contributed by atoms with E-state index in [1.54, 1.807) is 0 Å². The Kier molecular flexibility index (Phi) is 4.68. The Bertz CT molecular complexity index is 1190. The molecular formula is C16H9Cl2F2NO4S. The summed E-state index contributed by atoms with van der Waals surface area (Å²) in [6, 6.07) is 5.45. The topological polar surface area (TPSA) is 69.3 Å². The van der Waals surface area contributed by atoms with Gasteiger partial charge < -0.3 is 4.42 Å². The smallest absolute Gasteiger partial charge is 0.415 e. The number of hydrogen-bond acceptors (Lipinski definition) is 4. The van der Waals surface area contributed by atoms with Gasteiger partial charge in [-0.05, 0) is 30.3 Å². The number of benzene rings is 2. The van der Waals surface area contributed by atoms with Gasteiger partial charge in [-0.3, -0.25) is 0 Å². The SMILES string of the molecule is CS(=O)(=O)c1cc(F)c(-c2coc(=O)n2-c2ccc(Cl)c(Cl)c2)cc1F. The summed E-state index contributed by atoms with van der Waals surface area (Å²) in [5.74, 6) is -3.06. The second kappa shape index (κ2) is 6.53. The zero-order valence-corrected chi connectivity index (χ0v) is 15.3. The predicted octanol–water partition coefficient (Wildman–Crippen LogP) is 4.09. The zero-order chi connectivity index (χ0) is 19.2. The third-order valence-electron chi connectivity index (χ3n) is 3.55. The van der Waals surface area contributed by atoms with Crippen molar-refractivity contribution in [2.45, 2.75) is 4.90 Å². The van der Waals surface area contributed by atoms with Gasteiger partial charge in [0.25, 0.3) is 0 Å². The van der Waals surface area contributed by atoms with Gasteiger partial charge in [0.1, 0.15) is 22.8 Å². The van der Waals surface area contributed by atoms with Crippen molar-refractivity contribution >= 4 is 33.0 Å². The highest BCUT2D eigenvalue weighted by molar-refractivity contribution is 7.90. The molecule has 0 radical (unpaired) electrons. The van der Waals surface area contributed by atoms with Gasteiger partial charge in [0.05, 0.1) is 21.4 Å². The number of oxazole rings is 1. The van der Waals surface area contributed by atoms with Gasteiger partial charge in [0.15, 0.2) is 9.84 Å². The van der Waals surface area contributed by atoms with E-state index in [1.807, 2.05) is 0 Å². The molecule has 3 rings (SSSR count). The van der Waals surface area contributed by atoms with Crippen LogP contribution in [0.4, 0.5) is 8.78 Å². The van der Waals surface area contributed by atoms with Crippen molar-refractivity contribution in [1.29, 1.82) is 0 Å². The molecule has 2 aromatic carbocycles. The first-order valence-corrected chi connectivity index (χ1v) is 9.60. The van der Waals surface area contributed by atoms with E-state index in [9.17, 15) is 22.0 Å². The molecule has 0 aliphatic heterocycles. The molecular weight excluding hydrogens is 411 g/mol. The Morgan fingerprint density at radius 2 is 1.73 bits per heavy atom. The highest BCUT2D eigenvalue weighted by atomic mass is 35.5. The molecule has 0 fully saturated rings. The molecule has 0 saturated heterocycles. The Morgan fingerprint density at radius 1 is 1.04 bits per heavy atom. The van der Waals surface area contributed by atoms with Crippen LogP contribution in [0.2, 0.25) is 10.0 Å². The molecule has 0 bridgehead atoms. The van der Waals surface area contributed by atoms with Crippen LogP contribution in [0.5, 0.6) is 0 Å². The predicted molar refractivity (Wildman–Crippen MR) is 92.8 cm³/mol. The molecule has 26 heavy (non-hydrogen) atoms. The van der Waals surface area contributed by atoms with Crippen molar-refractivity contribution in [3.05, 3.63) is 68.8 Å². The fraction of sp³-hybridized carbons (Fsp3) is 0.0625. The summed E-state index contributed by atoms with van der Waals surface area (Å²) >= 11 is 11.8. The molecule has 1 aromatic heterocycles. The molecule has 5 nitrogen and oxygen atoms in total. The van der Waals surface area contributed by atoms with E-state index in [1.165, 1.54) is 18.2 Å². The Hall–Kier alpha value is -2.16. The molecule has 0 atom stereocenters. The van der Waals surface area contributed by atoms with Gasteiger partial charge >= 0.3 is 5.76 Å². The molecule has 0 N–H and O–H groups in total. The molecule has 0 amide bonds. The standard InChI is InChI=1S/C16H9Cl2F2NO4S/c1-26(23,24)15-6-12(19)9(5-13(15)20)14-7-25-16(22)21(14)8-2-3-10(17)11(18)4-8/h2-7H,1H3. The lowest BCUT2D eigenvalue weighted by atomic mass is 10.1. The van der Waals surface area contributed by atoms with Crippen molar-refractivity contribution < 1.29 is 21.6 Å². The van der Waals surface area contributed by atoms with E-state index in [-0.39, 0.29) is 27.0 Å². The van der Waals surface area contributed by atoms with Crippen LogP contribution in [0.15, 0.2) is 50.7 Å². The van der Waals surface area contributed by atoms with E-state index in [0.717, 1.165) is 17.1 Å². The average Bonchev–Trinajstić information content (AvgIpc) is 2.92. The number of hydrogen-bond donors (Lipinski definition) is 0. The lowest BCUT2D eigenvalue weighted by molar-refractivity contribution is 0.504. The van der Waals surface area contributed by atoms with Crippen LogP contribution in [0.25, 0.3) is 16.9 Å². The molecule has 136 valence electrons. The minimum Gasteiger partial charge on any atom is -0.415 e. The van der Waals surface area contributed by atoms with Crippen molar-refractivity contribution in [1.82, 2.24) is 4.57 Å². The number of aromatic nitrogens is 1. The minimum atomic E-state index is -3.96. The molecule has 0 aliphatic carbocycles. The van der Waals surface area contributed by atoms with Crippen LogP contribution in [0.3, 0.4) is 0 Å². The van der Waals surface area contributed by atoms with Crippen LogP contribution in [-0.2, 0) is 9.84 Å². The number of nitrogens with zero attached hydrogens (tertiary/aromatic N) is 1. The fourth-order valence-electron chi connectivity index (χ4n) is 2.37. The van der Waals surface area contributed by atoms with Gasteiger partial charge in [-0.2, -0.15) is 0 Å². The van der Waals surface area contributed by atoms with Crippen molar-refractivity contribution in [2.24, 2.45) is 0 Å². The van der Waals surface area contributed by atoms with Crippen molar-refractivity contribution in [3.8, 4) is 16.9 Å². The van der Waals surface area contributed by atoms with E-state index < -0.39 is 32.1 Å². The summed E-state index contributed by atoms with van der Waals surface area (Å²) < 4.78 is 57.4. The second-order valence-electron chi connectivity index (χ2n) is 5.36. The summed E-state index contributed by atoms with van der Waals surface area (Å²) in [6.07, 6.45) is 1.69. The molecule has 1 heterocycles. The highest BCUT2D eigenvalue weighted by Crippen LogP contribution is 2.30. The molecule has 10 heteroatoms. The maximum atomic E-state index is 14.5. The normalized spacial score (nSPS) is 11.7. The van der Waals surface area contributed by atoms with Gasteiger partial charge in [0.2, 0.25) is 0 Å². The number of sulfone groups is 1. The molecule has 0 spiro atoms. The van der Waals surface area contributed by atoms with Gasteiger partial charge in [0, 0.05) is 11.8 Å². The molecule has 0 saturated carbocycles. The van der Waals surface area contributed by atoms with Gasteiger partial charge in [-0.1, -0.05) is 23.2 Å². The Morgan fingerprint density at radius 3 is 2.35 bits per heavy atom. The van der Waals surface area contributed by atoms with Crippen LogP contribution in [-0.4, -0.2) is 19.2 Å². The van der Waals surface area contributed by atoms with E-state index >= 15 is 0 Å². The maximum Gasteiger partial charge on any atom is 0.424 e. The Balaban J connectivity index is 2.26. The van der Waals surface area contributed by atoms with Gasteiger partial charge in [-0.15, -0.1) is 0 Å². The largest absolute Gasteiger partial charge is 0.424 e. The first-order chi connectivity index (χ1) is 12.1. The first-order valence-electron chi connectivity index (χ1n) is 6.95. The lowest BCUT2D eigenvalue weighted by Crippen LogP contribution is -2.14. The Labute approximate surface area is 156 Å². The van der Waals surface area contributed by atoms with Crippen LogP contribution in [0, 0.1) is 11.6 Å². The first kappa shape index (κ1) is 18.6. The van der Waals surface area contributed by atoms with Crippen LogP contribution < -0.4 is 5.76 Å². The summed E-state index contributed by atoms with van der Waals surface area (Å²) in [7, 11) is -3.96. The fourth-order valence-corrected chi connectivity index (χ4v) is 3.39. The quantitative estimate of drug-likeness (QED) is 0.640. The zero-order valence-electron chi connectivity index (χ0n) is 13.0. The molecule has 0 unspecified atom stereocenters.